The molecule has 2 N–H and O–H groups in total. The van der Waals surface area contributed by atoms with Crippen LogP contribution in [0.3, 0.4) is 0 Å². The molecule has 0 fully saturated rings. The van der Waals surface area contributed by atoms with Crippen molar-refractivity contribution in [3.63, 3.8) is 0 Å². The van der Waals surface area contributed by atoms with Gasteiger partial charge in [0.05, 0.1) is 10.7 Å². The number of benzene rings is 2. The van der Waals surface area contributed by atoms with Crippen molar-refractivity contribution in [1.29, 1.82) is 0 Å². The first-order valence-electron chi connectivity index (χ1n) is 6.04. The van der Waals surface area contributed by atoms with Gasteiger partial charge in [0, 0.05) is 16.8 Å². The van der Waals surface area contributed by atoms with Gasteiger partial charge in [0.15, 0.2) is 16.6 Å². The molecule has 0 aliphatic carbocycles. The highest BCUT2D eigenvalue weighted by Gasteiger charge is 2.13. The molecule has 2 aromatic rings. The van der Waals surface area contributed by atoms with Crippen molar-refractivity contribution in [3.8, 4) is 11.5 Å². The van der Waals surface area contributed by atoms with E-state index in [9.17, 15) is 0 Å². The molecule has 1 heterocycles. The maximum Gasteiger partial charge on any atom is 0.231 e. The van der Waals surface area contributed by atoms with Crippen molar-refractivity contribution in [1.82, 2.24) is 0 Å². The molecule has 108 valence electrons. The van der Waals surface area contributed by atoms with E-state index in [1.165, 1.54) is 0 Å². The topological polar surface area (TPSA) is 42.5 Å². The zero-order chi connectivity index (χ0) is 14.8. The molecule has 2 aromatic carbocycles. The first-order valence-corrected chi connectivity index (χ1v) is 7.21. The summed E-state index contributed by atoms with van der Waals surface area (Å²) in [6.07, 6.45) is 0. The van der Waals surface area contributed by atoms with Crippen molar-refractivity contribution in [2.24, 2.45) is 0 Å². The second-order valence-electron chi connectivity index (χ2n) is 4.27. The number of nitrogens with one attached hydrogen (secondary N) is 2. The summed E-state index contributed by atoms with van der Waals surface area (Å²) < 4.78 is 10.6. The molecular formula is C14H10Cl2N2O2S. The highest BCUT2D eigenvalue weighted by molar-refractivity contribution is 7.80. The molecule has 0 saturated carbocycles. The van der Waals surface area contributed by atoms with Gasteiger partial charge in [-0.1, -0.05) is 23.2 Å². The van der Waals surface area contributed by atoms with Crippen LogP contribution < -0.4 is 20.1 Å². The predicted molar refractivity (Wildman–Crippen MR) is 88.9 cm³/mol. The van der Waals surface area contributed by atoms with Crippen molar-refractivity contribution >= 4 is 51.9 Å². The number of ether oxygens (including phenoxy) is 2. The van der Waals surface area contributed by atoms with Crippen LogP contribution in [0.25, 0.3) is 0 Å². The van der Waals surface area contributed by atoms with E-state index in [0.717, 1.165) is 11.4 Å². The van der Waals surface area contributed by atoms with E-state index in [0.29, 0.717) is 26.6 Å². The third-order valence-corrected chi connectivity index (χ3v) is 3.56. The van der Waals surface area contributed by atoms with Crippen LogP contribution >= 0.6 is 35.4 Å². The zero-order valence-electron chi connectivity index (χ0n) is 10.7. The SMILES string of the molecule is S=C(Nc1ccc2c(c1)OCO2)Nc1ccc(Cl)cc1Cl. The number of hydrogen-bond acceptors (Lipinski definition) is 3. The number of anilines is 2. The summed E-state index contributed by atoms with van der Waals surface area (Å²) in [7, 11) is 0. The minimum absolute atomic E-state index is 0.238. The average Bonchev–Trinajstić information content (AvgIpc) is 2.89. The van der Waals surface area contributed by atoms with Crippen molar-refractivity contribution in [3.05, 3.63) is 46.4 Å². The maximum atomic E-state index is 6.08. The first kappa shape index (κ1) is 14.3. The Bertz CT molecular complexity index is 709. The van der Waals surface area contributed by atoms with Crippen LogP contribution in [0.1, 0.15) is 0 Å². The van der Waals surface area contributed by atoms with Crippen LogP contribution in [-0.2, 0) is 0 Å². The van der Waals surface area contributed by atoms with Gasteiger partial charge in [-0.3, -0.25) is 0 Å². The van der Waals surface area contributed by atoms with Gasteiger partial charge in [0.2, 0.25) is 6.79 Å². The molecule has 0 bridgehead atoms. The Morgan fingerprint density at radius 3 is 2.62 bits per heavy atom. The van der Waals surface area contributed by atoms with E-state index in [1.807, 2.05) is 18.2 Å². The Morgan fingerprint density at radius 2 is 1.81 bits per heavy atom. The fraction of sp³-hybridized carbons (Fsp3) is 0.0714. The Balaban J connectivity index is 1.69. The molecule has 0 unspecified atom stereocenters. The van der Waals surface area contributed by atoms with Gasteiger partial charge in [0.25, 0.3) is 0 Å². The van der Waals surface area contributed by atoms with Gasteiger partial charge in [-0.15, -0.1) is 0 Å². The molecule has 0 amide bonds. The number of halogens is 2. The summed E-state index contributed by atoms with van der Waals surface area (Å²) in [6, 6.07) is 10.6. The minimum atomic E-state index is 0.238. The zero-order valence-corrected chi connectivity index (χ0v) is 13.0. The molecule has 0 spiro atoms. The van der Waals surface area contributed by atoms with Crippen LogP contribution in [0.2, 0.25) is 10.0 Å². The van der Waals surface area contributed by atoms with E-state index in [4.69, 9.17) is 44.9 Å². The summed E-state index contributed by atoms with van der Waals surface area (Å²) in [4.78, 5) is 0. The normalized spacial score (nSPS) is 12.1. The van der Waals surface area contributed by atoms with E-state index < -0.39 is 0 Å². The smallest absolute Gasteiger partial charge is 0.231 e. The van der Waals surface area contributed by atoms with Crippen molar-refractivity contribution in [2.75, 3.05) is 17.4 Å². The molecule has 0 radical (unpaired) electrons. The standard InChI is InChI=1S/C14H10Cl2N2O2S/c15-8-1-3-11(10(16)5-8)18-14(21)17-9-2-4-12-13(6-9)20-7-19-12/h1-6H,7H2,(H2,17,18,21). The maximum absolute atomic E-state index is 6.08. The Morgan fingerprint density at radius 1 is 1.00 bits per heavy atom. The lowest BCUT2D eigenvalue weighted by Crippen LogP contribution is -2.19. The van der Waals surface area contributed by atoms with E-state index in [-0.39, 0.29) is 6.79 Å². The van der Waals surface area contributed by atoms with Crippen molar-refractivity contribution in [2.45, 2.75) is 0 Å². The molecule has 1 aliphatic heterocycles. The van der Waals surface area contributed by atoms with Crippen LogP contribution in [0.5, 0.6) is 11.5 Å². The lowest BCUT2D eigenvalue weighted by Gasteiger charge is -2.12. The van der Waals surface area contributed by atoms with Crippen LogP contribution in [-0.4, -0.2) is 11.9 Å². The Kier molecular flexibility index (Phi) is 4.05. The average molecular weight is 341 g/mol. The number of fused-ring (bicyclic) bond motifs is 1. The molecule has 0 aromatic heterocycles. The quantitative estimate of drug-likeness (QED) is 0.786. The molecule has 1 aliphatic rings. The highest BCUT2D eigenvalue weighted by atomic mass is 35.5. The third-order valence-electron chi connectivity index (χ3n) is 2.81. The van der Waals surface area contributed by atoms with Crippen LogP contribution in [0.15, 0.2) is 36.4 Å². The van der Waals surface area contributed by atoms with Crippen LogP contribution in [0, 0.1) is 0 Å². The molecule has 0 saturated heterocycles. The Labute approximate surface area is 137 Å². The van der Waals surface area contributed by atoms with Gasteiger partial charge >= 0.3 is 0 Å². The molecular weight excluding hydrogens is 331 g/mol. The predicted octanol–water partition coefficient (Wildman–Crippen LogP) is 4.53. The van der Waals surface area contributed by atoms with Gasteiger partial charge in [-0.05, 0) is 42.5 Å². The highest BCUT2D eigenvalue weighted by Crippen LogP contribution is 2.34. The summed E-state index contributed by atoms with van der Waals surface area (Å²) >= 11 is 17.2. The minimum Gasteiger partial charge on any atom is -0.454 e. The largest absolute Gasteiger partial charge is 0.454 e. The van der Waals surface area contributed by atoms with Gasteiger partial charge in [-0.25, -0.2) is 0 Å². The third kappa shape index (κ3) is 3.32. The summed E-state index contributed by atoms with van der Waals surface area (Å²) in [5.74, 6) is 1.41. The molecule has 7 heteroatoms. The summed E-state index contributed by atoms with van der Waals surface area (Å²) in [5, 5.41) is 7.55. The second kappa shape index (κ2) is 5.97. The number of hydrogen-bond donors (Lipinski definition) is 2. The Hall–Kier alpha value is -1.69. The van der Waals surface area contributed by atoms with E-state index in [1.54, 1.807) is 18.2 Å². The molecule has 21 heavy (non-hydrogen) atoms. The first-order chi connectivity index (χ1) is 10.1. The number of thiocarbonyl (C=S) groups is 1. The van der Waals surface area contributed by atoms with Gasteiger partial charge in [0.1, 0.15) is 0 Å². The van der Waals surface area contributed by atoms with Crippen molar-refractivity contribution < 1.29 is 9.47 Å². The summed E-state index contributed by atoms with van der Waals surface area (Å²) in [6.45, 7) is 0.238. The fourth-order valence-electron chi connectivity index (χ4n) is 1.85. The number of rotatable bonds is 2. The molecule has 4 nitrogen and oxygen atoms in total. The van der Waals surface area contributed by atoms with Crippen LogP contribution in [0.4, 0.5) is 11.4 Å². The van der Waals surface area contributed by atoms with E-state index >= 15 is 0 Å². The lowest BCUT2D eigenvalue weighted by atomic mass is 10.3. The molecule has 3 rings (SSSR count). The molecule has 0 atom stereocenters. The fourth-order valence-corrected chi connectivity index (χ4v) is 2.53. The van der Waals surface area contributed by atoms with E-state index in [2.05, 4.69) is 10.6 Å². The van der Waals surface area contributed by atoms with Gasteiger partial charge in [-0.2, -0.15) is 0 Å². The monoisotopic (exact) mass is 340 g/mol. The second-order valence-corrected chi connectivity index (χ2v) is 5.52. The summed E-state index contributed by atoms with van der Waals surface area (Å²) in [5.41, 5.74) is 1.47. The lowest BCUT2D eigenvalue weighted by molar-refractivity contribution is 0.174. The van der Waals surface area contributed by atoms with Gasteiger partial charge < -0.3 is 20.1 Å².